The van der Waals surface area contributed by atoms with Crippen LogP contribution < -0.4 is 30.9 Å². The molecule has 0 spiro atoms. The molecule has 5 N–H and O–H groups in total. The lowest BCUT2D eigenvalue weighted by molar-refractivity contribution is -0.274. The molecule has 61 heavy (non-hydrogen) atoms. The molecular formula is C40H49BF3N5O12. The summed E-state index contributed by atoms with van der Waals surface area (Å²) in [4.78, 5) is 33.5. The monoisotopic (exact) mass is 859 g/mol. The first-order valence-electron chi connectivity index (χ1n) is 19.1. The number of anilines is 2. The summed E-state index contributed by atoms with van der Waals surface area (Å²) >= 11 is 0. The van der Waals surface area contributed by atoms with Crippen LogP contribution in [0.2, 0.25) is 0 Å². The third kappa shape index (κ3) is 18.8. The van der Waals surface area contributed by atoms with Gasteiger partial charge in [0.25, 0.3) is 11.8 Å². The third-order valence-electron chi connectivity index (χ3n) is 8.14. The van der Waals surface area contributed by atoms with Crippen molar-refractivity contribution in [1.29, 1.82) is 0 Å². The molecule has 0 fully saturated rings. The molecule has 4 rings (SSSR count). The highest BCUT2D eigenvalue weighted by Gasteiger charge is 2.31. The molecule has 3 aromatic carbocycles. The van der Waals surface area contributed by atoms with E-state index >= 15 is 0 Å². The van der Waals surface area contributed by atoms with Crippen molar-refractivity contribution < 1.29 is 70.7 Å². The van der Waals surface area contributed by atoms with E-state index in [4.69, 9.17) is 33.2 Å². The summed E-state index contributed by atoms with van der Waals surface area (Å²) in [5, 5.41) is 27.4. The summed E-state index contributed by atoms with van der Waals surface area (Å²) in [5.41, 5.74) is 2.47. The van der Waals surface area contributed by atoms with Gasteiger partial charge in [0.1, 0.15) is 23.6 Å². The van der Waals surface area contributed by atoms with Crippen molar-refractivity contribution in [2.75, 3.05) is 105 Å². The Morgan fingerprint density at radius 2 is 1.18 bits per heavy atom. The Bertz CT molecular complexity index is 1910. The fraction of sp³-hybridized carbons (Fsp3) is 0.400. The van der Waals surface area contributed by atoms with Crippen LogP contribution in [0.3, 0.4) is 0 Å². The lowest BCUT2D eigenvalue weighted by atomic mass is 9.78. The van der Waals surface area contributed by atoms with E-state index in [1.807, 2.05) is 0 Å². The number of aromatic nitrogens is 2. The number of methoxy groups -OCH3 is 1. The van der Waals surface area contributed by atoms with Gasteiger partial charge in [-0.3, -0.25) is 9.59 Å². The van der Waals surface area contributed by atoms with Crippen molar-refractivity contribution >= 4 is 35.9 Å². The molecule has 0 saturated carbocycles. The normalized spacial score (nSPS) is 11.2. The first-order valence-corrected chi connectivity index (χ1v) is 19.1. The maximum Gasteiger partial charge on any atom is 0.573 e. The number of carbonyl (C=O) groups is 2. The van der Waals surface area contributed by atoms with Gasteiger partial charge in [-0.05, 0) is 54.6 Å². The molecule has 0 atom stereocenters. The minimum absolute atomic E-state index is 0.0980. The second-order valence-corrected chi connectivity index (χ2v) is 12.6. The maximum atomic E-state index is 12.8. The number of alkyl halides is 3. The number of hydrogen-bond donors (Lipinski definition) is 5. The van der Waals surface area contributed by atoms with E-state index in [0.717, 1.165) is 0 Å². The minimum atomic E-state index is -4.78. The van der Waals surface area contributed by atoms with Gasteiger partial charge in [0.15, 0.2) is 0 Å². The average molecular weight is 860 g/mol. The zero-order valence-electron chi connectivity index (χ0n) is 33.5. The van der Waals surface area contributed by atoms with Crippen LogP contribution >= 0.6 is 0 Å². The standard InChI is InChI=1S/C40H49BF3N5O12/c1-54-36-10-5-31(26-34(36)41(52)53)39(51)46-12-14-56-16-18-58-20-22-60-24-23-59-21-19-57-17-15-55-13-11-45-38(50)30-4-2-3-29(25-30)35-27-37(48-28-47-35)49-32-6-8-33(9-7-32)61-40(42,43)44/h2-10,25-28,52-53H,11-24H2,1H3,(H,45,50)(H,46,51)(H,47,48,49). The molecule has 0 unspecified atom stereocenters. The fourth-order valence-electron chi connectivity index (χ4n) is 5.25. The first-order chi connectivity index (χ1) is 29.5. The molecule has 0 radical (unpaired) electrons. The molecule has 0 saturated heterocycles. The Hall–Kier alpha value is -5.39. The summed E-state index contributed by atoms with van der Waals surface area (Å²) in [7, 11) is -0.365. The van der Waals surface area contributed by atoms with Crippen LogP contribution in [0.25, 0.3) is 11.3 Å². The van der Waals surface area contributed by atoms with Gasteiger partial charge in [-0.2, -0.15) is 0 Å². The van der Waals surface area contributed by atoms with Gasteiger partial charge in [0.2, 0.25) is 0 Å². The number of carbonyl (C=O) groups excluding carboxylic acids is 2. The highest BCUT2D eigenvalue weighted by Crippen LogP contribution is 2.26. The molecule has 0 aliphatic heterocycles. The van der Waals surface area contributed by atoms with E-state index in [0.29, 0.717) is 94.4 Å². The maximum absolute atomic E-state index is 12.8. The van der Waals surface area contributed by atoms with E-state index in [1.54, 1.807) is 30.3 Å². The largest absolute Gasteiger partial charge is 0.573 e. The molecule has 21 heteroatoms. The Morgan fingerprint density at radius 3 is 1.69 bits per heavy atom. The van der Waals surface area contributed by atoms with Gasteiger partial charge >= 0.3 is 13.5 Å². The molecule has 330 valence electrons. The van der Waals surface area contributed by atoms with Gasteiger partial charge in [0, 0.05) is 47.0 Å². The Labute approximate surface area is 350 Å². The van der Waals surface area contributed by atoms with E-state index in [1.165, 1.54) is 55.9 Å². The summed E-state index contributed by atoms with van der Waals surface area (Å²) < 4.78 is 79.1. The number of ether oxygens (including phenoxy) is 8. The van der Waals surface area contributed by atoms with Crippen LogP contribution in [0, 0.1) is 0 Å². The quantitative estimate of drug-likeness (QED) is 0.0393. The van der Waals surface area contributed by atoms with E-state index in [9.17, 15) is 32.8 Å². The van der Waals surface area contributed by atoms with Gasteiger partial charge in [0.05, 0.1) is 92.1 Å². The molecular weight excluding hydrogens is 810 g/mol. The molecule has 2 amide bonds. The number of nitrogens with one attached hydrogen (secondary N) is 3. The minimum Gasteiger partial charge on any atom is -0.497 e. The van der Waals surface area contributed by atoms with Crippen molar-refractivity contribution in [2.24, 2.45) is 0 Å². The van der Waals surface area contributed by atoms with Crippen molar-refractivity contribution in [2.45, 2.75) is 6.36 Å². The average Bonchev–Trinajstić information content (AvgIpc) is 3.25. The molecule has 0 aliphatic carbocycles. The zero-order chi connectivity index (χ0) is 43.7. The van der Waals surface area contributed by atoms with E-state index < -0.39 is 13.5 Å². The van der Waals surface area contributed by atoms with Crippen molar-refractivity contribution in [3.63, 3.8) is 0 Å². The van der Waals surface area contributed by atoms with E-state index in [-0.39, 0.29) is 60.6 Å². The summed E-state index contributed by atoms with van der Waals surface area (Å²) in [5.74, 6) is -0.339. The van der Waals surface area contributed by atoms with Crippen LogP contribution in [0.15, 0.2) is 79.1 Å². The number of benzene rings is 3. The molecule has 0 bridgehead atoms. The number of rotatable bonds is 29. The Kier molecular flexibility index (Phi) is 21.2. The Balaban J connectivity index is 0.933. The van der Waals surface area contributed by atoms with Gasteiger partial charge in [-0.25, -0.2) is 9.97 Å². The van der Waals surface area contributed by atoms with Crippen LogP contribution in [-0.2, 0) is 28.4 Å². The van der Waals surface area contributed by atoms with Crippen molar-refractivity contribution in [1.82, 2.24) is 20.6 Å². The summed E-state index contributed by atoms with van der Waals surface area (Å²) in [6.07, 6.45) is -3.44. The third-order valence-corrected chi connectivity index (χ3v) is 8.14. The molecule has 1 heterocycles. The van der Waals surface area contributed by atoms with Crippen LogP contribution in [-0.4, -0.2) is 145 Å². The molecule has 17 nitrogen and oxygen atoms in total. The highest BCUT2D eigenvalue weighted by atomic mass is 19.4. The number of hydrogen-bond acceptors (Lipinski definition) is 15. The van der Waals surface area contributed by atoms with Crippen LogP contribution in [0.4, 0.5) is 24.7 Å². The summed E-state index contributed by atoms with van der Waals surface area (Å²) in [6, 6.07) is 18.1. The SMILES string of the molecule is COc1ccc(C(=O)NCCOCCOCCOCCOCCOCCOCCNC(=O)c2cccc(-c3cc(Nc4ccc(OC(F)(F)F)cc4)ncn3)c2)cc1B(O)O. The van der Waals surface area contributed by atoms with E-state index in [2.05, 4.69) is 30.7 Å². The van der Waals surface area contributed by atoms with Crippen molar-refractivity contribution in [3.05, 3.63) is 90.3 Å². The van der Waals surface area contributed by atoms with Gasteiger partial charge in [-0.15, -0.1) is 13.2 Å². The smallest absolute Gasteiger partial charge is 0.497 e. The molecule has 1 aromatic heterocycles. The van der Waals surface area contributed by atoms with Crippen molar-refractivity contribution in [3.8, 4) is 22.8 Å². The second kappa shape index (κ2) is 26.7. The Morgan fingerprint density at radius 1 is 0.656 bits per heavy atom. The lowest BCUT2D eigenvalue weighted by Crippen LogP contribution is -2.33. The first kappa shape index (κ1) is 48.3. The van der Waals surface area contributed by atoms with Crippen LogP contribution in [0.5, 0.6) is 11.5 Å². The molecule has 4 aromatic rings. The summed E-state index contributed by atoms with van der Waals surface area (Å²) in [6.45, 7) is 4.90. The molecule has 0 aliphatic rings. The van der Waals surface area contributed by atoms with Crippen LogP contribution in [0.1, 0.15) is 20.7 Å². The predicted octanol–water partition coefficient (Wildman–Crippen LogP) is 2.73. The second-order valence-electron chi connectivity index (χ2n) is 12.6. The predicted molar refractivity (Wildman–Crippen MR) is 216 cm³/mol. The fourth-order valence-corrected chi connectivity index (χ4v) is 5.25. The number of amides is 2. The van der Waals surface area contributed by atoms with Gasteiger partial charge < -0.3 is 63.9 Å². The lowest BCUT2D eigenvalue weighted by Gasteiger charge is -2.11. The number of halogens is 3. The van der Waals surface area contributed by atoms with Gasteiger partial charge in [-0.1, -0.05) is 12.1 Å². The topological polar surface area (TPSA) is 210 Å². The number of nitrogens with zero attached hydrogens (tertiary/aromatic N) is 2. The highest BCUT2D eigenvalue weighted by molar-refractivity contribution is 6.59. The zero-order valence-corrected chi connectivity index (χ0v) is 33.5.